The van der Waals surface area contributed by atoms with E-state index in [1.807, 2.05) is 23.1 Å². The van der Waals surface area contributed by atoms with Crippen LogP contribution in [0.3, 0.4) is 0 Å². The summed E-state index contributed by atoms with van der Waals surface area (Å²) in [5.74, 6) is 0.238. The maximum Gasteiger partial charge on any atom is 0.253 e. The van der Waals surface area contributed by atoms with Gasteiger partial charge in [-0.2, -0.15) is 0 Å². The van der Waals surface area contributed by atoms with Crippen molar-refractivity contribution >= 4 is 11.7 Å². The Kier molecular flexibility index (Phi) is 5.59. The lowest BCUT2D eigenvalue weighted by Gasteiger charge is -2.50. The molecule has 166 valence electrons. The smallest absolute Gasteiger partial charge is 0.253 e. The number of piperidine rings is 1. The van der Waals surface area contributed by atoms with Crippen LogP contribution < -0.4 is 0 Å². The molecule has 31 heavy (non-hydrogen) atoms. The lowest BCUT2D eigenvalue weighted by Crippen LogP contribution is -2.56. The van der Waals surface area contributed by atoms with Crippen LogP contribution >= 0.6 is 0 Å². The van der Waals surface area contributed by atoms with Gasteiger partial charge in [0.2, 0.25) is 0 Å². The third-order valence-electron chi connectivity index (χ3n) is 7.88. The van der Waals surface area contributed by atoms with E-state index in [4.69, 9.17) is 0 Å². The van der Waals surface area contributed by atoms with Gasteiger partial charge in [-0.05, 0) is 61.6 Å². The molecule has 5 nitrogen and oxygen atoms in total. The number of likely N-dealkylation sites (N-methyl/N-ethyl adjacent to an activating group) is 1. The van der Waals surface area contributed by atoms with Crippen LogP contribution in [0, 0.1) is 0 Å². The van der Waals surface area contributed by atoms with Crippen molar-refractivity contribution in [1.29, 1.82) is 0 Å². The third-order valence-corrected chi connectivity index (χ3v) is 7.88. The monoisotopic (exact) mass is 421 g/mol. The molecule has 1 fully saturated rings. The Bertz CT molecular complexity index is 979. The number of carbonyl (C=O) groups is 2. The van der Waals surface area contributed by atoms with Gasteiger partial charge in [0, 0.05) is 44.4 Å². The van der Waals surface area contributed by atoms with Gasteiger partial charge in [0.05, 0.1) is 11.2 Å². The Morgan fingerprint density at radius 3 is 2.19 bits per heavy atom. The summed E-state index contributed by atoms with van der Waals surface area (Å²) < 4.78 is 2.20. The molecule has 0 radical (unpaired) electrons. The van der Waals surface area contributed by atoms with E-state index in [1.54, 1.807) is 6.92 Å². The lowest BCUT2D eigenvalue weighted by atomic mass is 9.81. The molecule has 0 aliphatic carbocycles. The van der Waals surface area contributed by atoms with Crippen LogP contribution in [0.2, 0.25) is 0 Å². The van der Waals surface area contributed by atoms with Crippen LogP contribution in [-0.4, -0.2) is 52.7 Å². The fourth-order valence-corrected chi connectivity index (χ4v) is 5.25. The molecule has 5 heteroatoms. The Hall–Kier alpha value is -2.40. The van der Waals surface area contributed by atoms with Crippen molar-refractivity contribution < 1.29 is 9.59 Å². The highest BCUT2D eigenvalue weighted by molar-refractivity contribution is 5.94. The summed E-state index contributed by atoms with van der Waals surface area (Å²) in [7, 11) is 2.18. The fraction of sp³-hybridized carbons (Fsp3) is 0.538. The molecule has 0 saturated carbocycles. The van der Waals surface area contributed by atoms with Gasteiger partial charge in [0.25, 0.3) is 5.91 Å². The Morgan fingerprint density at radius 1 is 0.968 bits per heavy atom. The maximum absolute atomic E-state index is 13.2. The molecule has 0 atom stereocenters. The first-order valence-electron chi connectivity index (χ1n) is 11.5. The molecule has 3 heterocycles. The highest BCUT2D eigenvalue weighted by Crippen LogP contribution is 2.41. The number of amides is 1. The second kappa shape index (κ2) is 7.94. The van der Waals surface area contributed by atoms with Crippen molar-refractivity contribution in [3.8, 4) is 0 Å². The highest BCUT2D eigenvalue weighted by atomic mass is 16.2. The normalized spacial score (nSPS) is 18.8. The zero-order valence-electron chi connectivity index (χ0n) is 19.6. The topological polar surface area (TPSA) is 45.6 Å². The van der Waals surface area contributed by atoms with Crippen LogP contribution in [0.25, 0.3) is 0 Å². The summed E-state index contributed by atoms with van der Waals surface area (Å²) in [5.41, 5.74) is 4.09. The summed E-state index contributed by atoms with van der Waals surface area (Å²) in [4.78, 5) is 29.7. The molecule has 1 amide bonds. The summed E-state index contributed by atoms with van der Waals surface area (Å²) in [6, 6.07) is 12.3. The van der Waals surface area contributed by atoms with Gasteiger partial charge in [0.1, 0.15) is 0 Å². The number of benzene rings is 1. The van der Waals surface area contributed by atoms with Crippen molar-refractivity contribution in [2.75, 3.05) is 26.7 Å². The summed E-state index contributed by atoms with van der Waals surface area (Å²) in [6.45, 7) is 11.5. The van der Waals surface area contributed by atoms with Crippen LogP contribution in [0.1, 0.15) is 79.1 Å². The standard InChI is InChI=1S/C26H35N3O2/c1-6-25(3,4)21-9-7-20(8-10-21)24(31)28-15-13-26(14-16-28)23-12-11-22(19(2)30)29(23)18-17-27(26)5/h7-12H,6,13-18H2,1-5H3. The molecular formula is C26H35N3O2. The Balaban J connectivity index is 1.51. The highest BCUT2D eigenvalue weighted by Gasteiger charge is 2.45. The van der Waals surface area contributed by atoms with Crippen molar-refractivity contribution in [3.63, 3.8) is 0 Å². The lowest BCUT2D eigenvalue weighted by molar-refractivity contribution is 0.0128. The van der Waals surface area contributed by atoms with Gasteiger partial charge in [-0.25, -0.2) is 0 Å². The summed E-state index contributed by atoms with van der Waals surface area (Å²) in [5, 5.41) is 0. The number of Topliss-reactive ketones (excluding diaryl/α,β-unsaturated/α-hetero) is 1. The number of carbonyl (C=O) groups excluding carboxylic acids is 2. The van der Waals surface area contributed by atoms with E-state index >= 15 is 0 Å². The molecule has 2 aliphatic rings. The minimum absolute atomic E-state index is 0.0995. The van der Waals surface area contributed by atoms with E-state index < -0.39 is 0 Å². The molecule has 2 aromatic rings. The summed E-state index contributed by atoms with van der Waals surface area (Å²) in [6.07, 6.45) is 2.84. The number of hydrogen-bond acceptors (Lipinski definition) is 3. The van der Waals surface area contributed by atoms with Crippen molar-refractivity contribution in [1.82, 2.24) is 14.4 Å². The molecular weight excluding hydrogens is 386 g/mol. The fourth-order valence-electron chi connectivity index (χ4n) is 5.25. The zero-order chi connectivity index (χ0) is 22.4. The predicted octanol–water partition coefficient (Wildman–Crippen LogP) is 4.46. The largest absolute Gasteiger partial charge is 0.339 e. The number of likely N-dealkylation sites (tertiary alicyclic amines) is 1. The number of ketones is 1. The number of fused-ring (bicyclic) bond motifs is 2. The van der Waals surface area contributed by atoms with Crippen LogP contribution in [-0.2, 0) is 17.5 Å². The molecule has 1 aromatic carbocycles. The number of aromatic nitrogens is 1. The molecule has 0 bridgehead atoms. The van der Waals surface area contributed by atoms with Crippen LogP contribution in [0.5, 0.6) is 0 Å². The number of rotatable bonds is 4. The second-order valence-corrected chi connectivity index (χ2v) is 9.87. The van der Waals surface area contributed by atoms with E-state index in [0.29, 0.717) is 0 Å². The first-order chi connectivity index (χ1) is 14.7. The van der Waals surface area contributed by atoms with E-state index in [1.165, 1.54) is 11.3 Å². The van der Waals surface area contributed by atoms with Gasteiger partial charge in [-0.3, -0.25) is 14.5 Å². The Morgan fingerprint density at radius 2 is 1.61 bits per heavy atom. The first-order valence-corrected chi connectivity index (χ1v) is 11.5. The first kappa shape index (κ1) is 21.8. The predicted molar refractivity (Wildman–Crippen MR) is 124 cm³/mol. The zero-order valence-corrected chi connectivity index (χ0v) is 19.6. The average molecular weight is 422 g/mol. The van der Waals surface area contributed by atoms with Gasteiger partial charge in [-0.15, -0.1) is 0 Å². The summed E-state index contributed by atoms with van der Waals surface area (Å²) >= 11 is 0. The average Bonchev–Trinajstić information content (AvgIpc) is 3.22. The van der Waals surface area contributed by atoms with E-state index in [-0.39, 0.29) is 22.6 Å². The molecule has 0 N–H and O–H groups in total. The van der Waals surface area contributed by atoms with E-state index in [2.05, 4.69) is 55.5 Å². The van der Waals surface area contributed by atoms with Crippen LogP contribution in [0.15, 0.2) is 36.4 Å². The van der Waals surface area contributed by atoms with Gasteiger partial charge < -0.3 is 9.47 Å². The van der Waals surface area contributed by atoms with Crippen molar-refractivity contribution in [2.24, 2.45) is 0 Å². The molecule has 0 unspecified atom stereocenters. The quantitative estimate of drug-likeness (QED) is 0.685. The third kappa shape index (κ3) is 3.63. The minimum atomic E-state index is -0.0995. The van der Waals surface area contributed by atoms with E-state index in [9.17, 15) is 9.59 Å². The maximum atomic E-state index is 13.2. The molecule has 2 aliphatic heterocycles. The number of nitrogens with zero attached hydrogens (tertiary/aromatic N) is 3. The second-order valence-electron chi connectivity index (χ2n) is 9.87. The van der Waals surface area contributed by atoms with Crippen LogP contribution in [0.4, 0.5) is 0 Å². The van der Waals surface area contributed by atoms with Gasteiger partial charge in [-0.1, -0.05) is 32.9 Å². The van der Waals surface area contributed by atoms with Gasteiger partial charge in [0.15, 0.2) is 5.78 Å². The number of hydrogen-bond donors (Lipinski definition) is 0. The van der Waals surface area contributed by atoms with Crippen molar-refractivity contribution in [3.05, 3.63) is 58.9 Å². The molecule has 1 aromatic heterocycles. The SMILES string of the molecule is CCC(C)(C)c1ccc(C(=O)N2CCC3(CC2)c2ccc(C(C)=O)n2CCN3C)cc1. The van der Waals surface area contributed by atoms with Crippen molar-refractivity contribution in [2.45, 2.75) is 64.5 Å². The molecule has 4 rings (SSSR count). The van der Waals surface area contributed by atoms with Gasteiger partial charge >= 0.3 is 0 Å². The Labute approximate surface area is 186 Å². The minimum Gasteiger partial charge on any atom is -0.339 e. The van der Waals surface area contributed by atoms with E-state index in [0.717, 1.165) is 56.7 Å². The molecule has 1 spiro atoms. The molecule has 1 saturated heterocycles.